The lowest BCUT2D eigenvalue weighted by Crippen LogP contribution is -2.54. The lowest BCUT2D eigenvalue weighted by atomic mass is 9.92. The summed E-state index contributed by atoms with van der Waals surface area (Å²) in [5.74, 6) is -2.39. The van der Waals surface area contributed by atoms with Gasteiger partial charge in [-0.1, -0.05) is 11.6 Å². The van der Waals surface area contributed by atoms with E-state index in [-0.39, 0.29) is 12.8 Å². The number of carbonyl (C=O) groups excluding carboxylic acids is 2. The topological polar surface area (TPSA) is 70.2 Å². The SMILES string of the molecule is O=C(NCC1=CCNCC1)C1CCC(C(F)(F)F)NC1=O. The minimum Gasteiger partial charge on any atom is -0.352 e. The van der Waals surface area contributed by atoms with Crippen molar-refractivity contribution in [1.29, 1.82) is 0 Å². The minimum absolute atomic E-state index is 0.0809. The quantitative estimate of drug-likeness (QED) is 0.525. The molecule has 2 aliphatic rings. The molecule has 21 heavy (non-hydrogen) atoms. The van der Waals surface area contributed by atoms with Gasteiger partial charge in [-0.25, -0.2) is 0 Å². The van der Waals surface area contributed by atoms with Gasteiger partial charge in [0.05, 0.1) is 0 Å². The number of halogens is 3. The third-order valence-electron chi connectivity index (χ3n) is 3.74. The lowest BCUT2D eigenvalue weighted by Gasteiger charge is -2.29. The highest BCUT2D eigenvalue weighted by Crippen LogP contribution is 2.28. The Morgan fingerprint density at radius 2 is 2.14 bits per heavy atom. The molecule has 3 N–H and O–H groups in total. The van der Waals surface area contributed by atoms with Gasteiger partial charge < -0.3 is 16.0 Å². The fourth-order valence-electron chi connectivity index (χ4n) is 2.46. The minimum atomic E-state index is -4.46. The summed E-state index contributed by atoms with van der Waals surface area (Å²) < 4.78 is 37.5. The monoisotopic (exact) mass is 305 g/mol. The van der Waals surface area contributed by atoms with Gasteiger partial charge in [-0.2, -0.15) is 13.2 Å². The molecule has 2 aliphatic heterocycles. The van der Waals surface area contributed by atoms with E-state index in [1.54, 1.807) is 0 Å². The molecule has 1 fully saturated rings. The van der Waals surface area contributed by atoms with Crippen LogP contribution in [0.5, 0.6) is 0 Å². The normalized spacial score (nSPS) is 26.8. The van der Waals surface area contributed by atoms with Crippen LogP contribution in [0.4, 0.5) is 13.2 Å². The highest BCUT2D eigenvalue weighted by atomic mass is 19.4. The number of piperidine rings is 1. The smallest absolute Gasteiger partial charge is 0.352 e. The molecule has 1 saturated heterocycles. The Bertz CT molecular complexity index is 448. The molecule has 2 heterocycles. The summed E-state index contributed by atoms with van der Waals surface area (Å²) in [7, 11) is 0. The Kier molecular flexibility index (Phi) is 4.87. The predicted octanol–water partition coefficient (Wildman–Crippen LogP) is 0.479. The van der Waals surface area contributed by atoms with Crippen LogP contribution in [0.3, 0.4) is 0 Å². The van der Waals surface area contributed by atoms with Crippen molar-refractivity contribution in [3.63, 3.8) is 0 Å². The van der Waals surface area contributed by atoms with Crippen molar-refractivity contribution < 1.29 is 22.8 Å². The van der Waals surface area contributed by atoms with Crippen LogP contribution in [-0.2, 0) is 9.59 Å². The van der Waals surface area contributed by atoms with Crippen molar-refractivity contribution in [2.75, 3.05) is 19.6 Å². The van der Waals surface area contributed by atoms with Gasteiger partial charge >= 0.3 is 6.18 Å². The second kappa shape index (κ2) is 6.46. The molecular weight excluding hydrogens is 287 g/mol. The predicted molar refractivity (Wildman–Crippen MR) is 69.3 cm³/mol. The molecule has 0 saturated carbocycles. The van der Waals surface area contributed by atoms with E-state index in [2.05, 4.69) is 10.6 Å². The molecule has 0 radical (unpaired) electrons. The van der Waals surface area contributed by atoms with Crippen molar-refractivity contribution in [3.8, 4) is 0 Å². The first kappa shape index (κ1) is 15.8. The summed E-state index contributed by atoms with van der Waals surface area (Å²) in [6.07, 6.45) is -2.03. The molecule has 0 aromatic heterocycles. The first-order chi connectivity index (χ1) is 9.88. The van der Waals surface area contributed by atoms with Crippen molar-refractivity contribution in [1.82, 2.24) is 16.0 Å². The van der Waals surface area contributed by atoms with Gasteiger partial charge in [-0.15, -0.1) is 0 Å². The molecule has 0 aromatic rings. The number of alkyl halides is 3. The van der Waals surface area contributed by atoms with Gasteiger partial charge in [0, 0.05) is 13.1 Å². The maximum Gasteiger partial charge on any atom is 0.408 e. The molecule has 2 amide bonds. The Labute approximate surface area is 120 Å². The van der Waals surface area contributed by atoms with Crippen LogP contribution < -0.4 is 16.0 Å². The van der Waals surface area contributed by atoms with Crippen LogP contribution in [0.25, 0.3) is 0 Å². The molecule has 2 rings (SSSR count). The number of nitrogens with one attached hydrogen (secondary N) is 3. The molecule has 5 nitrogen and oxygen atoms in total. The second-order valence-electron chi connectivity index (χ2n) is 5.27. The second-order valence-corrected chi connectivity index (χ2v) is 5.27. The summed E-state index contributed by atoms with van der Waals surface area (Å²) in [5.41, 5.74) is 1.06. The number of rotatable bonds is 3. The molecule has 0 bridgehead atoms. The fourth-order valence-corrected chi connectivity index (χ4v) is 2.46. The summed E-state index contributed by atoms with van der Waals surface area (Å²) in [6, 6.07) is -1.85. The highest BCUT2D eigenvalue weighted by Gasteiger charge is 2.45. The van der Waals surface area contributed by atoms with Crippen LogP contribution in [0.2, 0.25) is 0 Å². The maximum absolute atomic E-state index is 12.5. The van der Waals surface area contributed by atoms with Gasteiger partial charge in [0.25, 0.3) is 0 Å². The van der Waals surface area contributed by atoms with Crippen LogP contribution in [-0.4, -0.2) is 43.7 Å². The lowest BCUT2D eigenvalue weighted by molar-refractivity contribution is -0.171. The summed E-state index contributed by atoms with van der Waals surface area (Å²) >= 11 is 0. The van der Waals surface area contributed by atoms with E-state index in [0.29, 0.717) is 6.54 Å². The van der Waals surface area contributed by atoms with Gasteiger partial charge in [0.1, 0.15) is 12.0 Å². The summed E-state index contributed by atoms with van der Waals surface area (Å²) in [6.45, 7) is 1.91. The molecular formula is C13H18F3N3O2. The highest BCUT2D eigenvalue weighted by molar-refractivity contribution is 6.00. The van der Waals surface area contributed by atoms with E-state index >= 15 is 0 Å². The van der Waals surface area contributed by atoms with Gasteiger partial charge in [0.15, 0.2) is 0 Å². The Balaban J connectivity index is 1.83. The average molecular weight is 305 g/mol. The van der Waals surface area contributed by atoms with Gasteiger partial charge in [-0.3, -0.25) is 9.59 Å². The van der Waals surface area contributed by atoms with Crippen LogP contribution in [0.1, 0.15) is 19.3 Å². The van der Waals surface area contributed by atoms with Crippen LogP contribution in [0.15, 0.2) is 11.6 Å². The Hall–Kier alpha value is -1.57. The van der Waals surface area contributed by atoms with Gasteiger partial charge in [0.2, 0.25) is 11.8 Å². The van der Waals surface area contributed by atoms with E-state index < -0.39 is 30.0 Å². The first-order valence-corrected chi connectivity index (χ1v) is 6.91. The molecule has 8 heteroatoms. The Morgan fingerprint density at radius 3 is 2.71 bits per heavy atom. The summed E-state index contributed by atoms with van der Waals surface area (Å²) in [4.78, 5) is 23.6. The summed E-state index contributed by atoms with van der Waals surface area (Å²) in [5, 5.41) is 7.64. The molecule has 0 aliphatic carbocycles. The van der Waals surface area contributed by atoms with Crippen LogP contribution in [0, 0.1) is 5.92 Å². The first-order valence-electron chi connectivity index (χ1n) is 6.91. The fraction of sp³-hybridized carbons (Fsp3) is 0.692. The average Bonchev–Trinajstić information content (AvgIpc) is 2.45. The zero-order valence-corrected chi connectivity index (χ0v) is 11.4. The molecule has 0 aromatic carbocycles. The van der Waals surface area contributed by atoms with Crippen molar-refractivity contribution >= 4 is 11.8 Å². The molecule has 118 valence electrons. The number of hydrogen-bond donors (Lipinski definition) is 3. The van der Waals surface area contributed by atoms with E-state index in [4.69, 9.17) is 0 Å². The Morgan fingerprint density at radius 1 is 1.38 bits per heavy atom. The van der Waals surface area contributed by atoms with Crippen molar-refractivity contribution in [2.24, 2.45) is 5.92 Å². The van der Waals surface area contributed by atoms with E-state index in [9.17, 15) is 22.8 Å². The van der Waals surface area contributed by atoms with E-state index in [0.717, 1.165) is 25.1 Å². The number of hydrogen-bond acceptors (Lipinski definition) is 3. The third kappa shape index (κ3) is 4.20. The zero-order chi connectivity index (χ0) is 15.5. The van der Waals surface area contributed by atoms with Gasteiger partial charge in [-0.05, 0) is 25.8 Å². The number of carbonyl (C=O) groups is 2. The van der Waals surface area contributed by atoms with Crippen molar-refractivity contribution in [3.05, 3.63) is 11.6 Å². The zero-order valence-electron chi connectivity index (χ0n) is 11.4. The standard InChI is InChI=1S/C13H18F3N3O2/c14-13(15,16)10-2-1-9(12(21)19-10)11(20)18-7-8-3-5-17-6-4-8/h3,9-10,17H,1-2,4-7H2,(H,18,20)(H,19,21). The molecule has 2 unspecified atom stereocenters. The largest absolute Gasteiger partial charge is 0.408 e. The van der Waals surface area contributed by atoms with E-state index in [1.807, 2.05) is 11.4 Å². The molecule has 2 atom stereocenters. The molecule has 0 spiro atoms. The van der Waals surface area contributed by atoms with Crippen molar-refractivity contribution in [2.45, 2.75) is 31.5 Å². The number of amides is 2. The van der Waals surface area contributed by atoms with Crippen LogP contribution >= 0.6 is 0 Å². The third-order valence-corrected chi connectivity index (χ3v) is 3.74. The van der Waals surface area contributed by atoms with E-state index in [1.165, 1.54) is 0 Å². The maximum atomic E-state index is 12.5.